The summed E-state index contributed by atoms with van der Waals surface area (Å²) in [6.45, 7) is 14.4. The first-order chi connectivity index (χ1) is 7.18. The molecule has 0 aliphatic rings. The van der Waals surface area contributed by atoms with Crippen molar-refractivity contribution in [2.45, 2.75) is 48.0 Å². The largest absolute Gasteiger partial charge is 0.379 e. The van der Waals surface area contributed by atoms with Crippen LogP contribution in [0.5, 0.6) is 0 Å². The van der Waals surface area contributed by atoms with Crippen molar-refractivity contribution < 1.29 is 9.53 Å². The number of carbonyl (C=O) groups is 1. The zero-order chi connectivity index (χ0) is 12.5. The first-order valence-corrected chi connectivity index (χ1v) is 5.93. The Bertz CT molecular complexity index is 95.6. The SMILES string of the molecule is CC.CC(C)COCCNC=O.CCC. The molecular weight excluding hydrogens is 190 g/mol. The lowest BCUT2D eigenvalue weighted by Crippen LogP contribution is -2.18. The number of rotatable bonds is 6. The van der Waals surface area contributed by atoms with E-state index < -0.39 is 0 Å². The fourth-order valence-electron chi connectivity index (χ4n) is 0.509. The highest BCUT2D eigenvalue weighted by Crippen LogP contribution is 1.90. The normalized spacial score (nSPS) is 8.20. The van der Waals surface area contributed by atoms with Crippen molar-refractivity contribution >= 4 is 6.41 Å². The highest BCUT2D eigenvalue weighted by molar-refractivity contribution is 5.45. The van der Waals surface area contributed by atoms with Crippen molar-refractivity contribution in [3.05, 3.63) is 0 Å². The van der Waals surface area contributed by atoms with Gasteiger partial charge in [0.25, 0.3) is 0 Å². The Balaban J connectivity index is -0.000000245. The molecule has 0 aliphatic heterocycles. The van der Waals surface area contributed by atoms with E-state index in [4.69, 9.17) is 4.74 Å². The second-order valence-corrected chi connectivity index (χ2v) is 3.25. The van der Waals surface area contributed by atoms with Crippen molar-refractivity contribution in [3.8, 4) is 0 Å². The van der Waals surface area contributed by atoms with Gasteiger partial charge in [-0.1, -0.05) is 48.0 Å². The fourth-order valence-corrected chi connectivity index (χ4v) is 0.509. The maximum absolute atomic E-state index is 9.74. The summed E-state index contributed by atoms with van der Waals surface area (Å²) in [7, 11) is 0. The molecule has 0 bridgehead atoms. The maximum Gasteiger partial charge on any atom is 0.207 e. The summed E-state index contributed by atoms with van der Waals surface area (Å²) in [5, 5.41) is 2.52. The van der Waals surface area contributed by atoms with Crippen LogP contribution in [0.3, 0.4) is 0 Å². The molecule has 0 atom stereocenters. The third-order valence-corrected chi connectivity index (χ3v) is 0.925. The lowest BCUT2D eigenvalue weighted by atomic mass is 10.2. The van der Waals surface area contributed by atoms with Gasteiger partial charge in [-0.3, -0.25) is 4.79 Å². The van der Waals surface area contributed by atoms with Crippen LogP contribution in [-0.2, 0) is 9.53 Å². The van der Waals surface area contributed by atoms with Crippen LogP contribution in [0.4, 0.5) is 0 Å². The molecule has 3 heteroatoms. The molecule has 1 amide bonds. The molecule has 0 saturated heterocycles. The molecule has 0 radical (unpaired) electrons. The number of carbonyl (C=O) groups excluding carboxylic acids is 1. The summed E-state index contributed by atoms with van der Waals surface area (Å²) in [6, 6.07) is 0. The third kappa shape index (κ3) is 42.4. The van der Waals surface area contributed by atoms with Gasteiger partial charge in [-0.05, 0) is 5.92 Å². The van der Waals surface area contributed by atoms with Crippen LogP contribution in [0.1, 0.15) is 48.0 Å². The lowest BCUT2D eigenvalue weighted by molar-refractivity contribution is -0.109. The standard InChI is InChI=1S/C7H15NO2.C3H8.C2H6/c1-7(2)5-10-4-3-8-6-9;1-3-2;1-2/h6-7H,3-5H2,1-2H3,(H,8,9);3H2,1-2H3;1-2H3. The number of ether oxygens (including phenoxy) is 1. The minimum atomic E-state index is 0.566. The molecule has 0 saturated carbocycles. The quantitative estimate of drug-likeness (QED) is 0.551. The Morgan fingerprint density at radius 1 is 1.27 bits per heavy atom. The van der Waals surface area contributed by atoms with Crippen molar-refractivity contribution in [1.82, 2.24) is 5.32 Å². The first-order valence-electron chi connectivity index (χ1n) is 5.93. The molecule has 0 aliphatic carbocycles. The van der Waals surface area contributed by atoms with Gasteiger partial charge in [-0.2, -0.15) is 0 Å². The number of hydrogen-bond acceptors (Lipinski definition) is 2. The van der Waals surface area contributed by atoms with Crippen LogP contribution in [-0.4, -0.2) is 26.2 Å². The summed E-state index contributed by atoms with van der Waals surface area (Å²) < 4.78 is 5.18. The van der Waals surface area contributed by atoms with Crippen LogP contribution < -0.4 is 5.32 Å². The highest BCUT2D eigenvalue weighted by atomic mass is 16.5. The van der Waals surface area contributed by atoms with Crippen molar-refractivity contribution in [2.75, 3.05) is 19.8 Å². The van der Waals surface area contributed by atoms with Gasteiger partial charge in [-0.15, -0.1) is 0 Å². The topological polar surface area (TPSA) is 38.3 Å². The number of hydrogen-bond donors (Lipinski definition) is 1. The van der Waals surface area contributed by atoms with Gasteiger partial charge in [0.05, 0.1) is 6.61 Å². The molecule has 1 N–H and O–H groups in total. The summed E-state index contributed by atoms with van der Waals surface area (Å²) in [5.74, 6) is 0.566. The predicted octanol–water partition coefficient (Wildman–Crippen LogP) is 2.85. The van der Waals surface area contributed by atoms with Gasteiger partial charge in [0.1, 0.15) is 0 Å². The Hall–Kier alpha value is -0.570. The fraction of sp³-hybridized carbons (Fsp3) is 0.917. The minimum absolute atomic E-state index is 0.566. The molecule has 15 heavy (non-hydrogen) atoms. The summed E-state index contributed by atoms with van der Waals surface area (Å²) >= 11 is 0. The van der Waals surface area contributed by atoms with Crippen LogP contribution in [0.25, 0.3) is 0 Å². The molecule has 0 aromatic carbocycles. The van der Waals surface area contributed by atoms with Crippen molar-refractivity contribution in [1.29, 1.82) is 0 Å². The molecule has 0 aromatic heterocycles. The Morgan fingerprint density at radius 2 is 1.73 bits per heavy atom. The van der Waals surface area contributed by atoms with Crippen LogP contribution >= 0.6 is 0 Å². The van der Waals surface area contributed by atoms with Crippen LogP contribution in [0.15, 0.2) is 0 Å². The zero-order valence-electron chi connectivity index (χ0n) is 11.3. The van der Waals surface area contributed by atoms with Gasteiger partial charge in [0, 0.05) is 13.2 Å². The van der Waals surface area contributed by atoms with E-state index in [2.05, 4.69) is 33.0 Å². The molecule has 0 spiro atoms. The molecular formula is C12H29NO2. The van der Waals surface area contributed by atoms with E-state index in [-0.39, 0.29) is 0 Å². The Morgan fingerprint density at radius 3 is 2.07 bits per heavy atom. The smallest absolute Gasteiger partial charge is 0.207 e. The lowest BCUT2D eigenvalue weighted by Gasteiger charge is -2.05. The van der Waals surface area contributed by atoms with E-state index in [1.165, 1.54) is 6.42 Å². The maximum atomic E-state index is 9.74. The van der Waals surface area contributed by atoms with Gasteiger partial charge in [0.2, 0.25) is 6.41 Å². The monoisotopic (exact) mass is 219 g/mol. The summed E-state index contributed by atoms with van der Waals surface area (Å²) in [6.07, 6.45) is 1.93. The van der Waals surface area contributed by atoms with Crippen LogP contribution in [0, 0.1) is 5.92 Å². The third-order valence-electron chi connectivity index (χ3n) is 0.925. The first kappa shape index (κ1) is 19.9. The van der Waals surface area contributed by atoms with E-state index in [0.717, 1.165) is 6.61 Å². The average molecular weight is 219 g/mol. The molecule has 3 nitrogen and oxygen atoms in total. The molecule has 0 heterocycles. The zero-order valence-corrected chi connectivity index (χ0v) is 11.3. The van der Waals surface area contributed by atoms with E-state index >= 15 is 0 Å². The van der Waals surface area contributed by atoms with E-state index in [1.54, 1.807) is 0 Å². The molecule has 0 aromatic rings. The predicted molar refractivity (Wildman–Crippen MR) is 67.0 cm³/mol. The summed E-state index contributed by atoms with van der Waals surface area (Å²) in [4.78, 5) is 9.74. The van der Waals surface area contributed by atoms with Gasteiger partial charge in [-0.25, -0.2) is 0 Å². The average Bonchev–Trinajstić information content (AvgIpc) is 2.21. The second kappa shape index (κ2) is 23.3. The Kier molecular flexibility index (Phi) is 31.0. The van der Waals surface area contributed by atoms with E-state index in [9.17, 15) is 4.79 Å². The molecule has 0 rings (SSSR count). The van der Waals surface area contributed by atoms with E-state index in [1.807, 2.05) is 13.8 Å². The van der Waals surface area contributed by atoms with Crippen LogP contribution in [0.2, 0.25) is 0 Å². The van der Waals surface area contributed by atoms with Crippen molar-refractivity contribution in [3.63, 3.8) is 0 Å². The van der Waals surface area contributed by atoms with Gasteiger partial charge >= 0.3 is 0 Å². The van der Waals surface area contributed by atoms with E-state index in [0.29, 0.717) is 25.5 Å². The summed E-state index contributed by atoms with van der Waals surface area (Å²) in [5.41, 5.74) is 0. The van der Waals surface area contributed by atoms with Crippen molar-refractivity contribution in [2.24, 2.45) is 5.92 Å². The second-order valence-electron chi connectivity index (χ2n) is 3.25. The number of amides is 1. The minimum Gasteiger partial charge on any atom is -0.379 e. The highest BCUT2D eigenvalue weighted by Gasteiger charge is 1.91. The van der Waals surface area contributed by atoms with Gasteiger partial charge < -0.3 is 10.1 Å². The molecule has 0 unspecified atom stereocenters. The number of nitrogens with one attached hydrogen (secondary N) is 1. The molecule has 94 valence electrons. The van der Waals surface area contributed by atoms with Gasteiger partial charge in [0.15, 0.2) is 0 Å². The molecule has 0 fully saturated rings. The Labute approximate surface area is 95.6 Å².